The number of amides is 1. The molecule has 0 radical (unpaired) electrons. The van der Waals surface area contributed by atoms with Crippen molar-refractivity contribution in [1.29, 1.82) is 0 Å². The zero-order valence-corrected chi connectivity index (χ0v) is 12.3. The second-order valence-corrected chi connectivity index (χ2v) is 5.35. The Labute approximate surface area is 131 Å². The number of methoxy groups -OCH3 is 1. The fourth-order valence-corrected chi connectivity index (χ4v) is 2.90. The lowest BCUT2D eigenvalue weighted by atomic mass is 9.99. The number of ether oxygens (including phenoxy) is 1. The normalized spacial score (nSPS) is 16.2. The van der Waals surface area contributed by atoms with Gasteiger partial charge in [0.2, 0.25) is 5.76 Å². The first-order valence-corrected chi connectivity index (χ1v) is 7.19. The lowest BCUT2D eigenvalue weighted by Crippen LogP contribution is -2.21. The lowest BCUT2D eigenvalue weighted by Gasteiger charge is -2.12. The molecule has 1 aliphatic heterocycles. The van der Waals surface area contributed by atoms with Crippen molar-refractivity contribution in [2.75, 3.05) is 7.11 Å². The number of fused-ring (bicyclic) bond motifs is 2. The Bertz CT molecular complexity index is 972. The van der Waals surface area contributed by atoms with Gasteiger partial charge in [-0.2, -0.15) is 0 Å². The Balaban J connectivity index is 1.93. The van der Waals surface area contributed by atoms with Crippen molar-refractivity contribution in [2.24, 2.45) is 0 Å². The molecule has 0 fully saturated rings. The van der Waals surface area contributed by atoms with Gasteiger partial charge in [0.05, 0.1) is 24.1 Å². The van der Waals surface area contributed by atoms with Gasteiger partial charge in [-0.3, -0.25) is 9.59 Å². The zero-order chi connectivity index (χ0) is 16.0. The van der Waals surface area contributed by atoms with E-state index in [1.54, 1.807) is 43.5 Å². The summed E-state index contributed by atoms with van der Waals surface area (Å²) in [5, 5.41) is 3.29. The van der Waals surface area contributed by atoms with Crippen LogP contribution in [0.1, 0.15) is 27.7 Å². The van der Waals surface area contributed by atoms with Gasteiger partial charge in [-0.1, -0.05) is 24.3 Å². The molecule has 0 saturated carbocycles. The predicted octanol–water partition coefficient (Wildman–Crippen LogP) is 2.63. The molecule has 1 amide bonds. The summed E-state index contributed by atoms with van der Waals surface area (Å²) >= 11 is 0. The molecule has 1 N–H and O–H groups in total. The highest BCUT2D eigenvalue weighted by atomic mass is 16.5. The molecule has 5 heteroatoms. The number of benzene rings is 2. The summed E-state index contributed by atoms with van der Waals surface area (Å²) < 4.78 is 10.8. The maximum atomic E-state index is 12.8. The van der Waals surface area contributed by atoms with Gasteiger partial charge in [-0.15, -0.1) is 0 Å². The highest BCUT2D eigenvalue weighted by molar-refractivity contribution is 5.98. The van der Waals surface area contributed by atoms with Crippen LogP contribution in [0.25, 0.3) is 11.0 Å². The summed E-state index contributed by atoms with van der Waals surface area (Å²) in [7, 11) is 1.59. The van der Waals surface area contributed by atoms with Gasteiger partial charge < -0.3 is 14.5 Å². The minimum absolute atomic E-state index is 0.0921. The number of carbonyl (C=O) groups is 1. The first kappa shape index (κ1) is 13.6. The molecular formula is C18H13NO4. The summed E-state index contributed by atoms with van der Waals surface area (Å²) in [6.45, 7) is 0. The van der Waals surface area contributed by atoms with Crippen molar-refractivity contribution < 1.29 is 13.9 Å². The van der Waals surface area contributed by atoms with E-state index in [0.29, 0.717) is 22.3 Å². The topological polar surface area (TPSA) is 68.5 Å². The maximum Gasteiger partial charge on any atom is 0.288 e. The van der Waals surface area contributed by atoms with Crippen molar-refractivity contribution in [2.45, 2.75) is 6.04 Å². The largest absolute Gasteiger partial charge is 0.497 e. The average molecular weight is 307 g/mol. The van der Waals surface area contributed by atoms with Crippen molar-refractivity contribution in [3.05, 3.63) is 75.6 Å². The molecule has 1 aliphatic rings. The fourth-order valence-electron chi connectivity index (χ4n) is 2.90. The van der Waals surface area contributed by atoms with E-state index in [4.69, 9.17) is 9.15 Å². The Morgan fingerprint density at radius 1 is 1.04 bits per heavy atom. The van der Waals surface area contributed by atoms with Crippen LogP contribution in [-0.2, 0) is 0 Å². The zero-order valence-electron chi connectivity index (χ0n) is 12.3. The number of hydrogen-bond donors (Lipinski definition) is 1. The van der Waals surface area contributed by atoms with Crippen molar-refractivity contribution >= 4 is 16.9 Å². The van der Waals surface area contributed by atoms with Gasteiger partial charge in [0, 0.05) is 0 Å². The number of hydrogen-bond acceptors (Lipinski definition) is 4. The molecule has 1 atom stereocenters. The summed E-state index contributed by atoms with van der Waals surface area (Å²) in [4.78, 5) is 25.0. The van der Waals surface area contributed by atoms with Crippen molar-refractivity contribution in [3.63, 3.8) is 0 Å². The van der Waals surface area contributed by atoms with Crippen LogP contribution in [0.4, 0.5) is 0 Å². The Morgan fingerprint density at radius 2 is 1.78 bits per heavy atom. The quantitative estimate of drug-likeness (QED) is 0.790. The summed E-state index contributed by atoms with van der Waals surface area (Å²) in [6, 6.07) is 13.7. The van der Waals surface area contributed by atoms with Gasteiger partial charge in [-0.05, 0) is 29.8 Å². The summed E-state index contributed by atoms with van der Waals surface area (Å²) in [6.07, 6.45) is 0. The third-order valence-electron chi connectivity index (χ3n) is 4.05. The molecule has 5 nitrogen and oxygen atoms in total. The van der Waals surface area contributed by atoms with E-state index >= 15 is 0 Å². The van der Waals surface area contributed by atoms with Crippen LogP contribution in [-0.4, -0.2) is 13.0 Å². The molecule has 0 unspecified atom stereocenters. The van der Waals surface area contributed by atoms with E-state index in [9.17, 15) is 9.59 Å². The molecule has 2 aromatic carbocycles. The summed E-state index contributed by atoms with van der Waals surface area (Å²) in [5.41, 5.74) is 1.40. The molecular weight excluding hydrogens is 294 g/mol. The smallest absolute Gasteiger partial charge is 0.288 e. The van der Waals surface area contributed by atoms with E-state index in [2.05, 4.69) is 5.32 Å². The van der Waals surface area contributed by atoms with E-state index in [1.165, 1.54) is 0 Å². The van der Waals surface area contributed by atoms with E-state index < -0.39 is 6.04 Å². The molecule has 0 spiro atoms. The average Bonchev–Trinajstić information content (AvgIpc) is 2.92. The monoisotopic (exact) mass is 307 g/mol. The molecule has 0 aliphatic carbocycles. The second-order valence-electron chi connectivity index (χ2n) is 5.35. The van der Waals surface area contributed by atoms with Crippen LogP contribution < -0.4 is 15.5 Å². The molecule has 23 heavy (non-hydrogen) atoms. The standard InChI is InChI=1S/C18H13NO4/c1-22-11-8-6-10(7-9-11)15-14-16(20)12-4-2-3-5-13(12)23-17(14)18(21)19-15/h2-9,15H,1H3,(H,19,21)/t15-/m0/s1. The third-order valence-corrected chi connectivity index (χ3v) is 4.05. The number of rotatable bonds is 2. The Morgan fingerprint density at radius 3 is 2.52 bits per heavy atom. The SMILES string of the molecule is COc1ccc([C@@H]2NC(=O)c3oc4ccccc4c(=O)c32)cc1. The van der Waals surface area contributed by atoms with Crippen LogP contribution in [0.15, 0.2) is 57.7 Å². The Hall–Kier alpha value is -3.08. The van der Waals surface area contributed by atoms with Crippen LogP contribution >= 0.6 is 0 Å². The molecule has 114 valence electrons. The number of carbonyl (C=O) groups excluding carboxylic acids is 1. The van der Waals surface area contributed by atoms with Crippen LogP contribution in [0.3, 0.4) is 0 Å². The van der Waals surface area contributed by atoms with Gasteiger partial charge in [0.1, 0.15) is 11.3 Å². The first-order valence-electron chi connectivity index (χ1n) is 7.19. The molecule has 0 bridgehead atoms. The van der Waals surface area contributed by atoms with E-state index in [-0.39, 0.29) is 17.1 Å². The van der Waals surface area contributed by atoms with E-state index in [0.717, 1.165) is 5.56 Å². The van der Waals surface area contributed by atoms with Crippen LogP contribution in [0, 0.1) is 0 Å². The predicted molar refractivity (Wildman–Crippen MR) is 84.8 cm³/mol. The van der Waals surface area contributed by atoms with Gasteiger partial charge in [0.15, 0.2) is 5.43 Å². The van der Waals surface area contributed by atoms with Crippen LogP contribution in [0.2, 0.25) is 0 Å². The Kier molecular flexibility index (Phi) is 2.94. The highest BCUT2D eigenvalue weighted by Crippen LogP contribution is 2.31. The van der Waals surface area contributed by atoms with Crippen LogP contribution in [0.5, 0.6) is 5.75 Å². The fraction of sp³-hybridized carbons (Fsp3) is 0.111. The molecule has 2 heterocycles. The summed E-state index contributed by atoms with van der Waals surface area (Å²) in [5.74, 6) is 0.432. The van der Waals surface area contributed by atoms with Gasteiger partial charge in [0.25, 0.3) is 5.91 Å². The van der Waals surface area contributed by atoms with Crippen molar-refractivity contribution in [1.82, 2.24) is 5.32 Å². The molecule has 3 aromatic rings. The minimum atomic E-state index is -0.510. The molecule has 0 saturated heterocycles. The number of para-hydroxylation sites is 1. The molecule has 4 rings (SSSR count). The van der Waals surface area contributed by atoms with Crippen molar-refractivity contribution in [3.8, 4) is 5.75 Å². The molecule has 1 aromatic heterocycles. The first-order chi connectivity index (χ1) is 11.2. The second kappa shape index (κ2) is 4.98. The number of nitrogens with one attached hydrogen (secondary N) is 1. The maximum absolute atomic E-state index is 12.8. The van der Waals surface area contributed by atoms with Gasteiger partial charge in [-0.25, -0.2) is 0 Å². The third kappa shape index (κ3) is 2.01. The lowest BCUT2D eigenvalue weighted by molar-refractivity contribution is 0.0938. The van der Waals surface area contributed by atoms with Gasteiger partial charge >= 0.3 is 0 Å². The van der Waals surface area contributed by atoms with E-state index in [1.807, 2.05) is 12.1 Å². The highest BCUT2D eigenvalue weighted by Gasteiger charge is 2.35. The minimum Gasteiger partial charge on any atom is -0.497 e.